The van der Waals surface area contributed by atoms with E-state index >= 15 is 0 Å². The summed E-state index contributed by atoms with van der Waals surface area (Å²) in [6.07, 6.45) is -0.0911. The molecule has 5 heteroatoms. The van der Waals surface area contributed by atoms with E-state index in [9.17, 15) is 0 Å². The van der Waals surface area contributed by atoms with Crippen LogP contribution < -0.4 is 0 Å². The zero-order valence-electron chi connectivity index (χ0n) is 11.9. The van der Waals surface area contributed by atoms with E-state index < -0.39 is 0 Å². The second kappa shape index (κ2) is 5.73. The highest BCUT2D eigenvalue weighted by molar-refractivity contribution is 5.21. The Hall–Kier alpha value is -1.72. The highest BCUT2D eigenvalue weighted by Crippen LogP contribution is 2.21. The van der Waals surface area contributed by atoms with Crippen molar-refractivity contribution >= 4 is 0 Å². The van der Waals surface area contributed by atoms with Crippen molar-refractivity contribution in [2.75, 3.05) is 19.7 Å². The molecule has 1 aliphatic heterocycles. The maximum Gasteiger partial charge on any atom is 0.223 e. The molecule has 5 nitrogen and oxygen atoms in total. The smallest absolute Gasteiger partial charge is 0.223 e. The Morgan fingerprint density at radius 1 is 1.25 bits per heavy atom. The molecule has 0 unspecified atom stereocenters. The third-order valence-electron chi connectivity index (χ3n) is 3.51. The Kier molecular flexibility index (Phi) is 3.80. The minimum absolute atomic E-state index is 0.0911. The molecule has 0 bridgehead atoms. The number of hydrogen-bond donors (Lipinski definition) is 0. The van der Waals surface area contributed by atoms with Gasteiger partial charge in [-0.25, -0.2) is 0 Å². The van der Waals surface area contributed by atoms with E-state index in [0.29, 0.717) is 18.3 Å². The van der Waals surface area contributed by atoms with Crippen LogP contribution in [-0.4, -0.2) is 34.7 Å². The zero-order chi connectivity index (χ0) is 13.9. The van der Waals surface area contributed by atoms with E-state index in [0.717, 1.165) is 19.6 Å². The fourth-order valence-electron chi connectivity index (χ4n) is 2.40. The Morgan fingerprint density at radius 2 is 2.05 bits per heavy atom. The van der Waals surface area contributed by atoms with Crippen molar-refractivity contribution in [2.24, 2.45) is 0 Å². The van der Waals surface area contributed by atoms with Gasteiger partial charge in [-0.1, -0.05) is 35.0 Å². The summed E-state index contributed by atoms with van der Waals surface area (Å²) in [5, 5.41) is 3.95. The molecule has 106 valence electrons. The van der Waals surface area contributed by atoms with E-state index in [1.807, 2.05) is 0 Å². The second-order valence-corrected chi connectivity index (χ2v) is 5.25. The number of rotatable bonds is 3. The highest BCUT2D eigenvalue weighted by Gasteiger charge is 2.25. The van der Waals surface area contributed by atoms with Crippen molar-refractivity contribution in [1.29, 1.82) is 0 Å². The van der Waals surface area contributed by atoms with Gasteiger partial charge in [-0.2, -0.15) is 4.98 Å². The van der Waals surface area contributed by atoms with Crippen molar-refractivity contribution in [1.82, 2.24) is 15.0 Å². The van der Waals surface area contributed by atoms with Gasteiger partial charge in [-0.05, 0) is 12.5 Å². The number of benzene rings is 1. The highest BCUT2D eigenvalue weighted by atomic mass is 16.5. The molecule has 0 N–H and O–H groups in total. The molecule has 0 amide bonds. The average molecular weight is 273 g/mol. The fraction of sp³-hybridized carbons (Fsp3) is 0.467. The van der Waals surface area contributed by atoms with Crippen molar-refractivity contribution in [2.45, 2.75) is 26.5 Å². The van der Waals surface area contributed by atoms with Crippen LogP contribution in [0.1, 0.15) is 28.9 Å². The molecule has 2 aromatic rings. The maximum absolute atomic E-state index is 5.74. The van der Waals surface area contributed by atoms with Gasteiger partial charge in [-0.3, -0.25) is 4.90 Å². The van der Waals surface area contributed by atoms with Crippen molar-refractivity contribution in [3.63, 3.8) is 0 Å². The first-order chi connectivity index (χ1) is 9.70. The quantitative estimate of drug-likeness (QED) is 0.858. The van der Waals surface area contributed by atoms with Crippen molar-refractivity contribution < 1.29 is 9.26 Å². The predicted octanol–water partition coefficient (Wildman–Crippen LogP) is 2.26. The summed E-state index contributed by atoms with van der Waals surface area (Å²) in [6.45, 7) is 7.26. The lowest BCUT2D eigenvalue weighted by molar-refractivity contribution is -0.0380. The van der Waals surface area contributed by atoms with E-state index in [1.54, 1.807) is 6.92 Å². The number of morpholine rings is 1. The van der Waals surface area contributed by atoms with Gasteiger partial charge < -0.3 is 9.26 Å². The van der Waals surface area contributed by atoms with Crippen LogP contribution in [0.4, 0.5) is 0 Å². The van der Waals surface area contributed by atoms with E-state index in [2.05, 4.69) is 46.2 Å². The first-order valence-electron chi connectivity index (χ1n) is 6.90. The third kappa shape index (κ3) is 3.05. The Balaban J connectivity index is 1.64. The molecule has 1 atom stereocenters. The van der Waals surface area contributed by atoms with Gasteiger partial charge in [0.25, 0.3) is 0 Å². The van der Waals surface area contributed by atoms with E-state index in [1.165, 1.54) is 11.1 Å². The van der Waals surface area contributed by atoms with Crippen LogP contribution in [-0.2, 0) is 11.3 Å². The zero-order valence-corrected chi connectivity index (χ0v) is 11.9. The molecular weight excluding hydrogens is 254 g/mol. The van der Waals surface area contributed by atoms with Crippen LogP contribution in [0.5, 0.6) is 0 Å². The summed E-state index contributed by atoms with van der Waals surface area (Å²) in [6, 6.07) is 8.65. The molecule has 1 saturated heterocycles. The van der Waals surface area contributed by atoms with Crippen LogP contribution in [0.3, 0.4) is 0 Å². The Morgan fingerprint density at radius 3 is 2.75 bits per heavy atom. The Bertz CT molecular complexity index is 565. The van der Waals surface area contributed by atoms with Crippen LogP contribution in [0.25, 0.3) is 0 Å². The summed E-state index contributed by atoms with van der Waals surface area (Å²) in [5.41, 5.74) is 2.61. The van der Waals surface area contributed by atoms with Gasteiger partial charge in [0.05, 0.1) is 6.61 Å². The van der Waals surface area contributed by atoms with Crippen LogP contribution in [0.2, 0.25) is 0 Å². The molecule has 1 aromatic carbocycles. The molecule has 0 aliphatic carbocycles. The first kappa shape index (κ1) is 13.3. The monoisotopic (exact) mass is 273 g/mol. The summed E-state index contributed by atoms with van der Waals surface area (Å²) in [5.74, 6) is 1.23. The molecule has 3 rings (SSSR count). The molecule has 1 fully saturated rings. The van der Waals surface area contributed by atoms with Gasteiger partial charge in [0.2, 0.25) is 11.7 Å². The lowest BCUT2D eigenvalue weighted by Crippen LogP contribution is -2.38. The molecule has 20 heavy (non-hydrogen) atoms. The molecule has 1 aromatic heterocycles. The molecular formula is C15H19N3O2. The van der Waals surface area contributed by atoms with Gasteiger partial charge >= 0.3 is 0 Å². The van der Waals surface area contributed by atoms with Gasteiger partial charge in [0.15, 0.2) is 0 Å². The molecule has 0 saturated carbocycles. The summed E-state index contributed by atoms with van der Waals surface area (Å²) < 4.78 is 10.8. The molecule has 2 heterocycles. The molecule has 0 radical (unpaired) electrons. The van der Waals surface area contributed by atoms with Crippen LogP contribution >= 0.6 is 0 Å². The largest absolute Gasteiger partial charge is 0.367 e. The topological polar surface area (TPSA) is 51.4 Å². The maximum atomic E-state index is 5.74. The van der Waals surface area contributed by atoms with Gasteiger partial charge in [-0.15, -0.1) is 0 Å². The van der Waals surface area contributed by atoms with Gasteiger partial charge in [0, 0.05) is 26.6 Å². The summed E-state index contributed by atoms with van der Waals surface area (Å²) >= 11 is 0. The minimum Gasteiger partial charge on any atom is -0.367 e. The SMILES string of the molecule is Cc1ccc(CN2CCO[C@@H](c3noc(C)n3)C2)cc1. The van der Waals surface area contributed by atoms with Crippen LogP contribution in [0, 0.1) is 13.8 Å². The van der Waals surface area contributed by atoms with E-state index in [4.69, 9.17) is 9.26 Å². The Labute approximate surface area is 118 Å². The molecule has 1 aliphatic rings. The number of hydrogen-bond acceptors (Lipinski definition) is 5. The summed E-state index contributed by atoms with van der Waals surface area (Å²) in [7, 11) is 0. The first-order valence-corrected chi connectivity index (χ1v) is 6.90. The van der Waals surface area contributed by atoms with Crippen molar-refractivity contribution in [3.8, 4) is 0 Å². The number of aromatic nitrogens is 2. The van der Waals surface area contributed by atoms with Crippen molar-refractivity contribution in [3.05, 3.63) is 47.1 Å². The standard InChI is InChI=1S/C15H19N3O2/c1-11-3-5-13(6-4-11)9-18-7-8-19-14(10-18)15-16-12(2)20-17-15/h3-6,14H,7-10H2,1-2H3/t14-/m1/s1. The number of aryl methyl sites for hydroxylation is 2. The lowest BCUT2D eigenvalue weighted by atomic mass is 10.1. The summed E-state index contributed by atoms with van der Waals surface area (Å²) in [4.78, 5) is 6.62. The van der Waals surface area contributed by atoms with Crippen LogP contribution in [0.15, 0.2) is 28.8 Å². The fourth-order valence-corrected chi connectivity index (χ4v) is 2.40. The van der Waals surface area contributed by atoms with Gasteiger partial charge in [0.1, 0.15) is 6.10 Å². The lowest BCUT2D eigenvalue weighted by Gasteiger charge is -2.31. The second-order valence-electron chi connectivity index (χ2n) is 5.25. The van der Waals surface area contributed by atoms with E-state index in [-0.39, 0.29) is 6.10 Å². The normalized spacial score (nSPS) is 20.2. The third-order valence-corrected chi connectivity index (χ3v) is 3.51. The average Bonchev–Trinajstić information content (AvgIpc) is 2.89. The number of ether oxygens (including phenoxy) is 1. The number of nitrogens with zero attached hydrogens (tertiary/aromatic N) is 3. The molecule has 0 spiro atoms. The predicted molar refractivity (Wildman–Crippen MR) is 74.2 cm³/mol. The minimum atomic E-state index is -0.0911.